The van der Waals surface area contributed by atoms with Gasteiger partial charge in [-0.15, -0.1) is 24.0 Å². The summed E-state index contributed by atoms with van der Waals surface area (Å²) in [7, 11) is 1.85. The summed E-state index contributed by atoms with van der Waals surface area (Å²) in [6, 6.07) is 18.4. The number of likely N-dealkylation sites (tertiary alicyclic amines) is 1. The monoisotopic (exact) mass is 572 g/mol. The third-order valence-corrected chi connectivity index (χ3v) is 6.57. The summed E-state index contributed by atoms with van der Waals surface area (Å²) in [5, 5.41) is 7.19. The summed E-state index contributed by atoms with van der Waals surface area (Å²) in [4.78, 5) is 11.1. The number of imidazole rings is 1. The van der Waals surface area contributed by atoms with Gasteiger partial charge in [-0.25, -0.2) is 4.98 Å². The lowest BCUT2D eigenvalue weighted by molar-refractivity contribution is 0.265. The zero-order chi connectivity index (χ0) is 23.2. The highest BCUT2D eigenvalue weighted by Gasteiger charge is 2.31. The Balaban J connectivity index is 0.00000324. The zero-order valence-corrected chi connectivity index (χ0v) is 22.9. The van der Waals surface area contributed by atoms with Crippen LogP contribution >= 0.6 is 24.0 Å². The number of hydrogen-bond acceptors (Lipinski definition) is 3. The number of guanidine groups is 1. The van der Waals surface area contributed by atoms with Gasteiger partial charge < -0.3 is 15.2 Å². The second kappa shape index (κ2) is 12.4. The van der Waals surface area contributed by atoms with E-state index in [1.807, 2.05) is 25.8 Å². The average Bonchev–Trinajstić information content (AvgIpc) is 3.47. The highest BCUT2D eigenvalue weighted by molar-refractivity contribution is 14.0. The average molecular weight is 573 g/mol. The molecule has 2 N–H and O–H groups in total. The largest absolute Gasteiger partial charge is 0.352 e. The Bertz CT molecular complexity index is 1050. The molecular weight excluding hydrogens is 535 g/mol. The van der Waals surface area contributed by atoms with Crippen LogP contribution in [0.3, 0.4) is 0 Å². The van der Waals surface area contributed by atoms with Gasteiger partial charge in [-0.05, 0) is 42.0 Å². The Morgan fingerprint density at radius 2 is 1.88 bits per heavy atom. The van der Waals surface area contributed by atoms with E-state index < -0.39 is 0 Å². The molecule has 182 valence electrons. The minimum Gasteiger partial charge on any atom is -0.352 e. The maximum absolute atomic E-state index is 4.49. The fraction of sp³-hybridized carbons (Fsp3) is 0.407. The van der Waals surface area contributed by atoms with Crippen LogP contribution in [0.4, 0.5) is 0 Å². The van der Waals surface area contributed by atoms with E-state index in [0.29, 0.717) is 18.0 Å². The van der Waals surface area contributed by atoms with Gasteiger partial charge in [0.1, 0.15) is 0 Å². The van der Waals surface area contributed by atoms with Crippen molar-refractivity contribution in [1.82, 2.24) is 25.1 Å². The summed E-state index contributed by atoms with van der Waals surface area (Å²) < 4.78 is 2.08. The van der Waals surface area contributed by atoms with Gasteiger partial charge >= 0.3 is 0 Å². The molecule has 1 aliphatic heterocycles. The van der Waals surface area contributed by atoms with Crippen molar-refractivity contribution in [2.45, 2.75) is 45.9 Å². The molecule has 0 bridgehead atoms. The van der Waals surface area contributed by atoms with Crippen LogP contribution < -0.4 is 10.6 Å². The molecular formula is C27H37IN6. The highest BCUT2D eigenvalue weighted by atomic mass is 127. The summed E-state index contributed by atoms with van der Waals surface area (Å²) in [5.41, 5.74) is 4.99. The van der Waals surface area contributed by atoms with E-state index in [-0.39, 0.29) is 24.0 Å². The first-order valence-corrected chi connectivity index (χ1v) is 11.9. The van der Waals surface area contributed by atoms with Gasteiger partial charge in [0, 0.05) is 57.7 Å². The van der Waals surface area contributed by atoms with Crippen molar-refractivity contribution in [2.24, 2.45) is 10.9 Å². The van der Waals surface area contributed by atoms with Crippen molar-refractivity contribution in [1.29, 1.82) is 0 Å². The van der Waals surface area contributed by atoms with Crippen LogP contribution in [0.1, 0.15) is 31.9 Å². The number of aliphatic imine (C=N–C) groups is 1. The minimum atomic E-state index is 0. The first-order valence-electron chi connectivity index (χ1n) is 11.9. The van der Waals surface area contributed by atoms with Crippen LogP contribution in [-0.4, -0.2) is 52.6 Å². The molecule has 3 aromatic rings. The molecule has 0 radical (unpaired) electrons. The molecule has 2 unspecified atom stereocenters. The van der Waals surface area contributed by atoms with E-state index in [1.165, 1.54) is 22.3 Å². The summed E-state index contributed by atoms with van der Waals surface area (Å²) >= 11 is 0. The molecule has 1 aromatic heterocycles. The van der Waals surface area contributed by atoms with Gasteiger partial charge in [0.2, 0.25) is 0 Å². The van der Waals surface area contributed by atoms with E-state index in [0.717, 1.165) is 32.1 Å². The van der Waals surface area contributed by atoms with Crippen molar-refractivity contribution in [3.8, 4) is 11.1 Å². The van der Waals surface area contributed by atoms with Crippen LogP contribution in [-0.2, 0) is 13.1 Å². The Kier molecular flexibility index (Phi) is 9.53. The molecule has 7 heteroatoms. The van der Waals surface area contributed by atoms with E-state index in [4.69, 9.17) is 0 Å². The van der Waals surface area contributed by atoms with Gasteiger partial charge in [-0.2, -0.15) is 0 Å². The first kappa shape index (κ1) is 26.2. The van der Waals surface area contributed by atoms with E-state index in [2.05, 4.69) is 99.4 Å². The van der Waals surface area contributed by atoms with Gasteiger partial charge in [-0.1, -0.05) is 55.5 Å². The van der Waals surface area contributed by atoms with Gasteiger partial charge in [0.15, 0.2) is 5.96 Å². The number of nitrogens with zero attached hydrogens (tertiary/aromatic N) is 4. The maximum Gasteiger partial charge on any atom is 0.191 e. The second-order valence-electron chi connectivity index (χ2n) is 9.29. The fourth-order valence-electron chi connectivity index (χ4n) is 4.50. The maximum atomic E-state index is 4.49. The fourth-order valence-corrected chi connectivity index (χ4v) is 4.50. The normalized spacial score (nSPS) is 18.7. The molecule has 0 aliphatic carbocycles. The molecule has 1 fully saturated rings. The van der Waals surface area contributed by atoms with Crippen molar-refractivity contribution in [2.75, 3.05) is 20.1 Å². The van der Waals surface area contributed by atoms with Gasteiger partial charge in [0.25, 0.3) is 0 Å². The number of hydrogen-bond donors (Lipinski definition) is 2. The first-order chi connectivity index (χ1) is 16.0. The lowest BCUT2D eigenvalue weighted by Gasteiger charge is -2.22. The van der Waals surface area contributed by atoms with Crippen LogP contribution in [0.25, 0.3) is 11.1 Å². The number of halogens is 1. The summed E-state index contributed by atoms with van der Waals surface area (Å²) in [6.45, 7) is 10.6. The zero-order valence-electron chi connectivity index (χ0n) is 20.6. The molecule has 1 saturated heterocycles. The summed E-state index contributed by atoms with van der Waals surface area (Å²) in [6.07, 6.45) is 5.65. The third-order valence-electron chi connectivity index (χ3n) is 6.57. The molecule has 0 amide bonds. The predicted molar refractivity (Wildman–Crippen MR) is 152 cm³/mol. The lowest BCUT2D eigenvalue weighted by Crippen LogP contribution is -2.46. The predicted octanol–water partition coefficient (Wildman–Crippen LogP) is 4.61. The highest BCUT2D eigenvalue weighted by Crippen LogP contribution is 2.24. The van der Waals surface area contributed by atoms with E-state index >= 15 is 0 Å². The van der Waals surface area contributed by atoms with Crippen molar-refractivity contribution < 1.29 is 0 Å². The molecule has 2 heterocycles. The van der Waals surface area contributed by atoms with Crippen LogP contribution in [0.5, 0.6) is 0 Å². The molecule has 4 rings (SSSR count). The molecule has 0 saturated carbocycles. The van der Waals surface area contributed by atoms with Crippen molar-refractivity contribution in [3.63, 3.8) is 0 Å². The van der Waals surface area contributed by atoms with Gasteiger partial charge in [0.05, 0.1) is 6.33 Å². The third kappa shape index (κ3) is 6.60. The van der Waals surface area contributed by atoms with Gasteiger partial charge in [-0.3, -0.25) is 9.89 Å². The number of aromatic nitrogens is 2. The minimum absolute atomic E-state index is 0. The van der Waals surface area contributed by atoms with Crippen LogP contribution in [0.2, 0.25) is 0 Å². The molecule has 6 nitrogen and oxygen atoms in total. The molecule has 34 heavy (non-hydrogen) atoms. The molecule has 1 aliphatic rings. The SMILES string of the molecule is CN=C(NCc1ccccc1-c1ccc(Cn2ccnc2)cc1)NC1CN(C(C)C)CC1C.I. The Morgan fingerprint density at radius 3 is 2.53 bits per heavy atom. The second-order valence-corrected chi connectivity index (χ2v) is 9.29. The number of nitrogens with one attached hydrogen (secondary N) is 2. The number of rotatable bonds is 7. The summed E-state index contributed by atoms with van der Waals surface area (Å²) in [5.74, 6) is 1.46. The Morgan fingerprint density at radius 1 is 1.12 bits per heavy atom. The van der Waals surface area contributed by atoms with E-state index in [1.54, 1.807) is 0 Å². The Labute approximate surface area is 220 Å². The smallest absolute Gasteiger partial charge is 0.191 e. The molecule has 2 aromatic carbocycles. The number of benzene rings is 2. The Hall–Kier alpha value is -2.39. The van der Waals surface area contributed by atoms with Crippen molar-refractivity contribution >= 4 is 29.9 Å². The van der Waals surface area contributed by atoms with Crippen LogP contribution in [0, 0.1) is 5.92 Å². The lowest BCUT2D eigenvalue weighted by atomic mass is 9.98. The molecule has 2 atom stereocenters. The standard InChI is InChI=1S/C27H36N6.HI/c1-20(2)33-16-21(3)26(18-33)31-27(28-4)30-15-24-7-5-6-8-25(24)23-11-9-22(10-12-23)17-32-14-13-29-19-32;/h5-14,19-21,26H,15-18H2,1-4H3,(H2,28,30,31);1H. The van der Waals surface area contributed by atoms with Crippen molar-refractivity contribution in [3.05, 3.63) is 78.4 Å². The van der Waals surface area contributed by atoms with E-state index in [9.17, 15) is 0 Å². The topological polar surface area (TPSA) is 57.5 Å². The molecule has 0 spiro atoms. The van der Waals surface area contributed by atoms with Crippen LogP contribution in [0.15, 0.2) is 72.2 Å². The quantitative estimate of drug-likeness (QED) is 0.247.